The molecule has 2 aromatic carbocycles. The normalized spacial score (nSPS) is 15.4. The van der Waals surface area contributed by atoms with Crippen molar-refractivity contribution in [3.05, 3.63) is 107 Å². The molecule has 0 radical (unpaired) electrons. The van der Waals surface area contributed by atoms with Gasteiger partial charge in [-0.3, -0.25) is 10.1 Å². The molecule has 0 unspecified atom stereocenters. The number of aromatic amines is 1. The molecule has 4 aromatic rings. The van der Waals surface area contributed by atoms with Gasteiger partial charge in [0.1, 0.15) is 17.8 Å². The average molecular weight is 640 g/mol. The summed E-state index contributed by atoms with van der Waals surface area (Å²) in [5, 5.41) is 23.1. The Kier molecular flexibility index (Phi) is 9.72. The van der Waals surface area contributed by atoms with Gasteiger partial charge < -0.3 is 24.8 Å². The highest BCUT2D eigenvalue weighted by Gasteiger charge is 2.58. The Hall–Kier alpha value is -4.70. The first-order valence-corrected chi connectivity index (χ1v) is 16.0. The van der Waals surface area contributed by atoms with Crippen molar-refractivity contribution in [1.82, 2.24) is 25.4 Å². The molecule has 2 aromatic heterocycles. The number of alkyl carbamates (subject to hydrolysis) is 1. The lowest BCUT2D eigenvalue weighted by atomic mass is 9.62. The third kappa shape index (κ3) is 7.65. The van der Waals surface area contributed by atoms with E-state index < -0.39 is 28.8 Å². The molecule has 3 heterocycles. The van der Waals surface area contributed by atoms with E-state index in [-0.39, 0.29) is 6.61 Å². The van der Waals surface area contributed by atoms with Crippen molar-refractivity contribution >= 4 is 12.2 Å². The molecular formula is C37H45N5O5. The maximum atomic E-state index is 12.9. The van der Waals surface area contributed by atoms with Crippen molar-refractivity contribution in [2.45, 2.75) is 71.7 Å². The van der Waals surface area contributed by atoms with Crippen LogP contribution in [0.2, 0.25) is 0 Å². The van der Waals surface area contributed by atoms with Crippen molar-refractivity contribution in [1.29, 1.82) is 0 Å². The van der Waals surface area contributed by atoms with E-state index in [1.807, 2.05) is 94.4 Å². The largest absolute Gasteiger partial charge is 0.445 e. The predicted octanol–water partition coefficient (Wildman–Crippen LogP) is 6.56. The Balaban J connectivity index is 1.32. The summed E-state index contributed by atoms with van der Waals surface area (Å²) in [7, 11) is 0. The van der Waals surface area contributed by atoms with Crippen LogP contribution in [0.5, 0.6) is 0 Å². The second kappa shape index (κ2) is 13.6. The van der Waals surface area contributed by atoms with Crippen molar-refractivity contribution < 1.29 is 24.2 Å². The Labute approximate surface area is 276 Å². The van der Waals surface area contributed by atoms with Gasteiger partial charge in [-0.1, -0.05) is 75.4 Å². The van der Waals surface area contributed by atoms with Gasteiger partial charge >= 0.3 is 12.2 Å². The third-order valence-corrected chi connectivity index (χ3v) is 8.56. The van der Waals surface area contributed by atoms with Gasteiger partial charge in [0, 0.05) is 60.7 Å². The molecule has 0 spiro atoms. The summed E-state index contributed by atoms with van der Waals surface area (Å²) >= 11 is 0. The van der Waals surface area contributed by atoms with Gasteiger partial charge in [0.25, 0.3) is 0 Å². The molecule has 1 aliphatic rings. The number of pyridine rings is 1. The van der Waals surface area contributed by atoms with Crippen LogP contribution in [-0.4, -0.2) is 62.6 Å². The smallest absolute Gasteiger partial charge is 0.410 e. The summed E-state index contributed by atoms with van der Waals surface area (Å²) in [4.78, 5) is 31.2. The molecular weight excluding hydrogens is 594 g/mol. The lowest BCUT2D eigenvalue weighted by molar-refractivity contribution is -0.131. The highest BCUT2D eigenvalue weighted by Crippen LogP contribution is 2.51. The van der Waals surface area contributed by atoms with E-state index in [9.17, 15) is 14.7 Å². The second-order valence-electron chi connectivity index (χ2n) is 13.9. The maximum absolute atomic E-state index is 12.9. The number of hydrogen-bond acceptors (Lipinski definition) is 7. The summed E-state index contributed by atoms with van der Waals surface area (Å²) in [6.07, 6.45) is 3.02. The summed E-state index contributed by atoms with van der Waals surface area (Å²) < 4.78 is 10.9. The summed E-state index contributed by atoms with van der Waals surface area (Å²) in [6, 6.07) is 21.3. The first-order valence-electron chi connectivity index (χ1n) is 16.0. The number of carbonyl (C=O) groups excluding carboxylic acids is 2. The minimum atomic E-state index is -1.47. The quantitative estimate of drug-likeness (QED) is 0.179. The highest BCUT2D eigenvalue weighted by atomic mass is 16.6. The van der Waals surface area contributed by atoms with Gasteiger partial charge in [-0.05, 0) is 55.5 Å². The molecule has 2 amide bonds. The van der Waals surface area contributed by atoms with Gasteiger partial charge in [0.05, 0.1) is 5.69 Å². The molecule has 10 heteroatoms. The molecule has 1 atom stereocenters. The lowest BCUT2D eigenvalue weighted by Crippen LogP contribution is -2.66. The molecule has 1 saturated heterocycles. The van der Waals surface area contributed by atoms with Gasteiger partial charge in [0.2, 0.25) is 0 Å². The Morgan fingerprint density at radius 3 is 2.38 bits per heavy atom. The molecule has 1 fully saturated rings. The monoisotopic (exact) mass is 639 g/mol. The van der Waals surface area contributed by atoms with Crippen LogP contribution < -0.4 is 5.32 Å². The first kappa shape index (κ1) is 33.7. The van der Waals surface area contributed by atoms with E-state index in [2.05, 4.69) is 34.3 Å². The summed E-state index contributed by atoms with van der Waals surface area (Å²) in [5.41, 5.74) is 2.82. The SMILES string of the molecule is CC(C)c1ccc([C@](O)(c2cncc(-c3cc(CCNC(=O)OCc4ccccc4)[nH]n3)c2)C2(C)CN(C(=O)OC(C)(C)C)C2)cc1. The number of likely N-dealkylation sites (tertiary alicyclic amines) is 1. The first-order chi connectivity index (χ1) is 22.3. The molecule has 47 heavy (non-hydrogen) atoms. The number of carbonyl (C=O) groups is 2. The van der Waals surface area contributed by atoms with Crippen LogP contribution in [0.25, 0.3) is 11.3 Å². The van der Waals surface area contributed by atoms with Crippen molar-refractivity contribution in [2.24, 2.45) is 5.41 Å². The summed E-state index contributed by atoms with van der Waals surface area (Å²) in [6.45, 7) is 13.0. The topological polar surface area (TPSA) is 130 Å². The van der Waals surface area contributed by atoms with Crippen LogP contribution in [0.1, 0.15) is 75.4 Å². The predicted molar refractivity (Wildman–Crippen MR) is 180 cm³/mol. The van der Waals surface area contributed by atoms with Crippen LogP contribution in [0.3, 0.4) is 0 Å². The van der Waals surface area contributed by atoms with E-state index in [4.69, 9.17) is 9.47 Å². The van der Waals surface area contributed by atoms with Gasteiger partial charge in [-0.25, -0.2) is 9.59 Å². The van der Waals surface area contributed by atoms with Crippen LogP contribution in [0.4, 0.5) is 9.59 Å². The number of H-pyrrole nitrogens is 1. The number of hydrogen-bond donors (Lipinski definition) is 3. The molecule has 0 bridgehead atoms. The second-order valence-corrected chi connectivity index (χ2v) is 13.9. The molecule has 0 aliphatic carbocycles. The van der Waals surface area contributed by atoms with Gasteiger partial charge in [0.15, 0.2) is 0 Å². The van der Waals surface area contributed by atoms with Gasteiger partial charge in [-0.2, -0.15) is 5.10 Å². The van der Waals surface area contributed by atoms with Crippen molar-refractivity contribution in [3.63, 3.8) is 0 Å². The van der Waals surface area contributed by atoms with E-state index >= 15 is 0 Å². The van der Waals surface area contributed by atoms with E-state index in [0.29, 0.717) is 43.2 Å². The number of nitrogens with one attached hydrogen (secondary N) is 2. The van der Waals surface area contributed by atoms with E-state index in [1.165, 1.54) is 5.56 Å². The standard InChI is InChI=1S/C37H45N5O5/c1-25(2)27-12-14-29(15-13-27)37(45,36(6)23-42(24-36)34(44)47-35(3,4)5)30-18-28(20-38-21-30)32-19-31(40-41-32)16-17-39-33(43)46-22-26-10-8-7-9-11-26/h7-15,18-21,25,45H,16-17,22-24H2,1-6H3,(H,39,43)(H,40,41)/t37-/m0/s1. The minimum absolute atomic E-state index is 0.205. The van der Waals surface area contributed by atoms with E-state index in [1.54, 1.807) is 17.3 Å². The zero-order chi connectivity index (χ0) is 33.8. The Morgan fingerprint density at radius 2 is 1.72 bits per heavy atom. The number of rotatable bonds is 10. The summed E-state index contributed by atoms with van der Waals surface area (Å²) in [5.74, 6) is 0.341. The molecule has 0 saturated carbocycles. The highest BCUT2D eigenvalue weighted by molar-refractivity contribution is 5.70. The zero-order valence-corrected chi connectivity index (χ0v) is 28.0. The number of amides is 2. The fraction of sp³-hybridized carbons (Fsp3) is 0.405. The number of aromatic nitrogens is 3. The maximum Gasteiger partial charge on any atom is 0.410 e. The Bertz CT molecular complexity index is 1670. The molecule has 3 N–H and O–H groups in total. The molecule has 10 nitrogen and oxygen atoms in total. The number of benzene rings is 2. The van der Waals surface area contributed by atoms with Crippen molar-refractivity contribution in [2.75, 3.05) is 19.6 Å². The van der Waals surface area contributed by atoms with E-state index in [0.717, 1.165) is 22.4 Å². The van der Waals surface area contributed by atoms with Crippen LogP contribution in [-0.2, 0) is 28.1 Å². The number of aliphatic hydroxyl groups is 1. The molecule has 248 valence electrons. The fourth-order valence-electron chi connectivity index (χ4n) is 5.94. The number of ether oxygens (including phenoxy) is 2. The van der Waals surface area contributed by atoms with Crippen LogP contribution in [0.15, 0.2) is 79.1 Å². The van der Waals surface area contributed by atoms with Crippen LogP contribution in [0, 0.1) is 5.41 Å². The third-order valence-electron chi connectivity index (χ3n) is 8.56. The minimum Gasteiger partial charge on any atom is -0.445 e. The molecule has 5 rings (SSSR count). The molecule has 1 aliphatic heterocycles. The zero-order valence-electron chi connectivity index (χ0n) is 28.0. The fourth-order valence-corrected chi connectivity index (χ4v) is 5.94. The lowest BCUT2D eigenvalue weighted by Gasteiger charge is -2.56. The average Bonchev–Trinajstić information content (AvgIpc) is 3.50. The van der Waals surface area contributed by atoms with Gasteiger partial charge in [-0.15, -0.1) is 0 Å². The Morgan fingerprint density at radius 1 is 1.02 bits per heavy atom. The van der Waals surface area contributed by atoms with Crippen molar-refractivity contribution in [3.8, 4) is 11.3 Å². The van der Waals surface area contributed by atoms with Crippen LogP contribution >= 0.6 is 0 Å². The number of nitrogens with zero attached hydrogens (tertiary/aromatic N) is 3.